The summed E-state index contributed by atoms with van der Waals surface area (Å²) < 4.78 is 25.3. The maximum Gasteiger partial charge on any atom is 0.256 e. The number of hydrogen-bond donors (Lipinski definition) is 2. The molecule has 8 nitrogen and oxygen atoms in total. The molecule has 2 N–H and O–H groups in total. The fraction of sp³-hybridized carbons (Fsp3) is 0.269. The van der Waals surface area contributed by atoms with Gasteiger partial charge < -0.3 is 14.8 Å². The largest absolute Gasteiger partial charge is 0.493 e. The van der Waals surface area contributed by atoms with Crippen molar-refractivity contribution in [3.05, 3.63) is 97.8 Å². The molecule has 0 aromatic heterocycles. The van der Waals surface area contributed by atoms with Crippen LogP contribution in [0.1, 0.15) is 29.5 Å². The van der Waals surface area contributed by atoms with E-state index in [0.29, 0.717) is 32.8 Å². The maximum absolute atomic E-state index is 13.2. The summed E-state index contributed by atoms with van der Waals surface area (Å²) in [4.78, 5) is 25.4. The molecule has 36 heavy (non-hydrogen) atoms. The minimum absolute atomic E-state index is 0.174. The number of rotatable bonds is 6. The Morgan fingerprint density at radius 1 is 1.17 bits per heavy atom. The fourth-order valence-electron chi connectivity index (χ4n) is 5.36. The van der Waals surface area contributed by atoms with E-state index in [1.165, 1.54) is 19.2 Å². The third-order valence-electron chi connectivity index (χ3n) is 6.90. The molecular formula is C26H23BrFN3O5. The average Bonchev–Trinajstić information content (AvgIpc) is 3.32. The Labute approximate surface area is 215 Å². The van der Waals surface area contributed by atoms with Gasteiger partial charge in [0.2, 0.25) is 0 Å². The third kappa shape index (κ3) is 3.81. The zero-order chi connectivity index (χ0) is 25.6. The number of ether oxygens (including phenoxy) is 2. The van der Waals surface area contributed by atoms with Gasteiger partial charge in [0, 0.05) is 22.2 Å². The second-order valence-electron chi connectivity index (χ2n) is 8.95. The van der Waals surface area contributed by atoms with Gasteiger partial charge in [0.25, 0.3) is 11.9 Å². The van der Waals surface area contributed by atoms with Crippen LogP contribution in [0.15, 0.2) is 65.1 Å². The molecule has 0 unspecified atom stereocenters. The van der Waals surface area contributed by atoms with Crippen LogP contribution in [-0.4, -0.2) is 30.0 Å². The van der Waals surface area contributed by atoms with E-state index in [-0.39, 0.29) is 17.3 Å². The third-order valence-corrected chi connectivity index (χ3v) is 7.49. The summed E-state index contributed by atoms with van der Waals surface area (Å²) >= 11 is 3.53. The maximum atomic E-state index is 13.2. The number of benzene rings is 3. The number of methoxy groups -OCH3 is 1. The molecule has 2 aliphatic rings. The number of halogens is 2. The van der Waals surface area contributed by atoms with Crippen LogP contribution in [0.4, 0.5) is 10.1 Å². The number of nitrogens with one attached hydrogen (secondary N) is 2. The van der Waals surface area contributed by atoms with E-state index >= 15 is 0 Å². The smallest absolute Gasteiger partial charge is 0.256 e. The van der Waals surface area contributed by atoms with Crippen molar-refractivity contribution in [2.45, 2.75) is 37.1 Å². The number of anilines is 1. The number of hydrogen-bond acceptors (Lipinski definition) is 6. The number of carbonyl (C=O) groups is 1. The molecule has 3 aromatic carbocycles. The van der Waals surface area contributed by atoms with Crippen molar-refractivity contribution < 1.29 is 23.6 Å². The molecule has 10 heteroatoms. The number of para-hydroxylation sites is 1. The van der Waals surface area contributed by atoms with Crippen molar-refractivity contribution in [2.75, 3.05) is 12.4 Å². The Morgan fingerprint density at radius 3 is 2.58 bits per heavy atom. The van der Waals surface area contributed by atoms with Gasteiger partial charge in [0.15, 0.2) is 17.0 Å². The lowest BCUT2D eigenvalue weighted by Crippen LogP contribution is -2.54. The van der Waals surface area contributed by atoms with Gasteiger partial charge in [-0.05, 0) is 64.3 Å². The lowest BCUT2D eigenvalue weighted by atomic mass is 9.78. The van der Waals surface area contributed by atoms with Crippen LogP contribution in [0, 0.1) is 15.9 Å². The molecule has 5 rings (SSSR count). The first-order chi connectivity index (χ1) is 17.3. The van der Waals surface area contributed by atoms with Gasteiger partial charge in [0.1, 0.15) is 12.4 Å². The summed E-state index contributed by atoms with van der Waals surface area (Å²) in [5.41, 5.74) is 1.03. The Hall–Kier alpha value is -3.50. The highest BCUT2D eigenvalue weighted by Gasteiger charge is 2.67. The van der Waals surface area contributed by atoms with E-state index in [9.17, 15) is 19.3 Å². The van der Waals surface area contributed by atoms with E-state index in [1.807, 2.05) is 6.92 Å². The summed E-state index contributed by atoms with van der Waals surface area (Å²) in [5.74, 6) is -0.621. The van der Waals surface area contributed by atoms with Gasteiger partial charge in [-0.3, -0.25) is 20.2 Å². The highest BCUT2D eigenvalue weighted by molar-refractivity contribution is 9.10. The molecule has 0 saturated carbocycles. The Kier molecular flexibility index (Phi) is 6.17. The van der Waals surface area contributed by atoms with Gasteiger partial charge in [0.05, 0.1) is 17.5 Å². The molecule has 1 fully saturated rings. The second kappa shape index (κ2) is 9.18. The Balaban J connectivity index is 1.53. The SMILES string of the molecule is COc1cc([C@@H]2[C@H](C)N[C@@]3(C(=O)Nc4ccccc43)[C@@H]2[N+](=O)[O-])cc(Br)c1OCc1ccc(F)cc1. The minimum atomic E-state index is -1.50. The number of fused-ring (bicyclic) bond motifs is 2. The normalized spacial score (nSPS) is 24.4. The molecule has 0 radical (unpaired) electrons. The molecule has 4 atom stereocenters. The van der Waals surface area contributed by atoms with Crippen molar-refractivity contribution in [1.82, 2.24) is 5.32 Å². The lowest BCUT2D eigenvalue weighted by molar-refractivity contribution is -0.532. The van der Waals surface area contributed by atoms with E-state index in [1.54, 1.807) is 48.5 Å². The summed E-state index contributed by atoms with van der Waals surface area (Å²) in [7, 11) is 1.49. The van der Waals surface area contributed by atoms with Gasteiger partial charge >= 0.3 is 0 Å². The molecule has 1 saturated heterocycles. The lowest BCUT2D eigenvalue weighted by Gasteiger charge is -2.25. The highest BCUT2D eigenvalue weighted by Crippen LogP contribution is 2.51. The Bertz CT molecular complexity index is 1350. The van der Waals surface area contributed by atoms with Crippen LogP contribution in [0.5, 0.6) is 11.5 Å². The topological polar surface area (TPSA) is 103 Å². The van der Waals surface area contributed by atoms with Gasteiger partial charge in [-0.15, -0.1) is 0 Å². The standard InChI is InChI=1S/C26H23BrFN3O5/c1-14-22(24(31(33)34)26(30-14)18-5-3-4-6-20(18)29-25(26)32)16-11-19(27)23(21(12-16)35-2)36-13-15-7-9-17(28)10-8-15/h3-12,14,22,24,30H,13H2,1-2H3,(H,29,32)/t14-,22-,24+,26+/m0/s1. The van der Waals surface area contributed by atoms with Gasteiger partial charge in [-0.25, -0.2) is 4.39 Å². The Morgan fingerprint density at radius 2 is 1.89 bits per heavy atom. The molecular weight excluding hydrogens is 533 g/mol. The zero-order valence-electron chi connectivity index (χ0n) is 19.5. The fourth-order valence-corrected chi connectivity index (χ4v) is 5.94. The summed E-state index contributed by atoms with van der Waals surface area (Å²) in [5, 5.41) is 18.6. The second-order valence-corrected chi connectivity index (χ2v) is 9.80. The number of nitro groups is 1. The van der Waals surface area contributed by atoms with E-state index < -0.39 is 29.4 Å². The predicted molar refractivity (Wildman–Crippen MR) is 134 cm³/mol. The number of amides is 1. The summed E-state index contributed by atoms with van der Waals surface area (Å²) in [6.07, 6.45) is 0. The zero-order valence-corrected chi connectivity index (χ0v) is 21.0. The van der Waals surface area contributed by atoms with Crippen molar-refractivity contribution >= 4 is 27.5 Å². The summed E-state index contributed by atoms with van der Waals surface area (Å²) in [6, 6.07) is 14.8. The molecule has 2 heterocycles. The number of carbonyl (C=O) groups excluding carboxylic acids is 1. The van der Waals surface area contributed by atoms with Gasteiger partial charge in [-0.1, -0.05) is 30.3 Å². The highest BCUT2D eigenvalue weighted by atomic mass is 79.9. The number of nitrogens with zero attached hydrogens (tertiary/aromatic N) is 1. The first-order valence-electron chi connectivity index (χ1n) is 11.3. The molecule has 0 aliphatic carbocycles. The molecule has 3 aromatic rings. The molecule has 1 spiro atoms. The van der Waals surface area contributed by atoms with Gasteiger partial charge in [-0.2, -0.15) is 0 Å². The van der Waals surface area contributed by atoms with Crippen LogP contribution in [0.25, 0.3) is 0 Å². The predicted octanol–water partition coefficient (Wildman–Crippen LogP) is 4.74. The van der Waals surface area contributed by atoms with Crippen LogP contribution in [-0.2, 0) is 16.9 Å². The molecule has 186 valence electrons. The van der Waals surface area contributed by atoms with Crippen LogP contribution < -0.4 is 20.1 Å². The monoisotopic (exact) mass is 555 g/mol. The molecule has 0 bridgehead atoms. The van der Waals surface area contributed by atoms with E-state index in [0.717, 1.165) is 5.56 Å². The van der Waals surface area contributed by atoms with Crippen LogP contribution in [0.2, 0.25) is 0 Å². The van der Waals surface area contributed by atoms with Crippen LogP contribution in [0.3, 0.4) is 0 Å². The van der Waals surface area contributed by atoms with Crippen LogP contribution >= 0.6 is 15.9 Å². The minimum Gasteiger partial charge on any atom is -0.493 e. The van der Waals surface area contributed by atoms with Crippen molar-refractivity contribution in [2.24, 2.45) is 0 Å². The summed E-state index contributed by atoms with van der Waals surface area (Å²) in [6.45, 7) is 2.01. The van der Waals surface area contributed by atoms with Crippen molar-refractivity contribution in [1.29, 1.82) is 0 Å². The first-order valence-corrected chi connectivity index (χ1v) is 12.1. The molecule has 1 amide bonds. The average molecular weight is 556 g/mol. The van der Waals surface area contributed by atoms with Crippen molar-refractivity contribution in [3.63, 3.8) is 0 Å². The first kappa shape index (κ1) is 24.2. The van der Waals surface area contributed by atoms with E-state index in [2.05, 4.69) is 26.6 Å². The van der Waals surface area contributed by atoms with E-state index in [4.69, 9.17) is 9.47 Å². The van der Waals surface area contributed by atoms with Crippen molar-refractivity contribution in [3.8, 4) is 11.5 Å². The molecule has 2 aliphatic heterocycles. The quantitative estimate of drug-likeness (QED) is 0.336.